The number of benzene rings is 1. The monoisotopic (exact) mass is 592 g/mol. The summed E-state index contributed by atoms with van der Waals surface area (Å²) in [5, 5.41) is 11.2. The van der Waals surface area contributed by atoms with E-state index >= 15 is 0 Å². The highest BCUT2D eigenvalue weighted by atomic mass is 79.9. The first kappa shape index (κ1) is 28.9. The first-order valence-corrected chi connectivity index (χ1v) is 12.5. The Hall–Kier alpha value is -2.70. The Morgan fingerprint density at radius 3 is 2.14 bits per heavy atom. The van der Waals surface area contributed by atoms with Gasteiger partial charge < -0.3 is 9.80 Å². The number of guanidine groups is 1. The van der Waals surface area contributed by atoms with Crippen LogP contribution in [0.5, 0.6) is 0 Å². The summed E-state index contributed by atoms with van der Waals surface area (Å²) in [4.78, 5) is 7.77. The van der Waals surface area contributed by atoms with Crippen LogP contribution in [0.3, 0.4) is 0 Å². The number of hydrogen-bond acceptors (Lipinski definition) is 4. The van der Waals surface area contributed by atoms with Crippen LogP contribution in [-0.4, -0.2) is 28.9 Å². The van der Waals surface area contributed by atoms with E-state index in [0.29, 0.717) is 40.4 Å². The maximum atomic E-state index is 13.3. The minimum atomic E-state index is -4.99. The second-order valence-corrected chi connectivity index (χ2v) is 9.95. The summed E-state index contributed by atoms with van der Waals surface area (Å²) in [7, 11) is 0. The van der Waals surface area contributed by atoms with Crippen molar-refractivity contribution in [2.45, 2.75) is 58.0 Å². The highest BCUT2D eigenvalue weighted by Gasteiger charge is 2.37. The van der Waals surface area contributed by atoms with Gasteiger partial charge in [-0.2, -0.15) is 26.3 Å². The summed E-state index contributed by atoms with van der Waals surface area (Å²) in [6.45, 7) is 2.79. The zero-order valence-corrected chi connectivity index (χ0v) is 21.6. The largest absolute Gasteiger partial charge is 0.416 e. The van der Waals surface area contributed by atoms with Crippen molar-refractivity contribution in [1.29, 1.82) is 10.9 Å². The predicted molar refractivity (Wildman–Crippen MR) is 130 cm³/mol. The SMILES string of the molecule is CCN(CC1CCCC1)c1ncc(Br)cc1CN(Cc1cc(C(F)(F)F)cc(C(F)(F)F)c1)C(=N)N=N. The highest BCUT2D eigenvalue weighted by Crippen LogP contribution is 2.37. The quantitative estimate of drug-likeness (QED) is 0.142. The normalized spacial score (nSPS) is 14.6. The molecule has 13 heteroatoms. The molecule has 0 amide bonds. The van der Waals surface area contributed by atoms with E-state index in [1.807, 2.05) is 6.92 Å². The zero-order chi connectivity index (χ0) is 27.4. The van der Waals surface area contributed by atoms with Crippen molar-refractivity contribution in [3.8, 4) is 0 Å². The molecule has 202 valence electrons. The van der Waals surface area contributed by atoms with Crippen molar-refractivity contribution in [3.05, 3.63) is 57.2 Å². The van der Waals surface area contributed by atoms with Gasteiger partial charge in [0, 0.05) is 42.4 Å². The van der Waals surface area contributed by atoms with Crippen molar-refractivity contribution in [2.75, 3.05) is 18.0 Å². The number of anilines is 1. The van der Waals surface area contributed by atoms with Gasteiger partial charge in [-0.15, -0.1) is 5.11 Å². The van der Waals surface area contributed by atoms with E-state index in [9.17, 15) is 26.3 Å². The molecule has 1 fully saturated rings. The molecule has 1 saturated carbocycles. The van der Waals surface area contributed by atoms with Crippen LogP contribution < -0.4 is 4.90 Å². The molecule has 2 N–H and O–H groups in total. The van der Waals surface area contributed by atoms with E-state index in [-0.39, 0.29) is 18.2 Å². The number of nitrogens with zero attached hydrogens (tertiary/aromatic N) is 4. The summed E-state index contributed by atoms with van der Waals surface area (Å²) in [5.41, 5.74) is 4.70. The molecule has 1 aromatic carbocycles. The van der Waals surface area contributed by atoms with Crippen LogP contribution in [0.15, 0.2) is 40.0 Å². The Morgan fingerprint density at radius 2 is 1.62 bits per heavy atom. The lowest BCUT2D eigenvalue weighted by atomic mass is 10.0. The summed E-state index contributed by atoms with van der Waals surface area (Å²) in [6, 6.07) is 3.06. The fraction of sp³-hybridized carbons (Fsp3) is 0.500. The molecule has 2 aromatic rings. The number of rotatable bonds is 8. The number of halogens is 7. The van der Waals surface area contributed by atoms with E-state index in [1.165, 1.54) is 0 Å². The Balaban J connectivity index is 1.97. The van der Waals surface area contributed by atoms with Gasteiger partial charge in [0.2, 0.25) is 5.96 Å². The molecule has 6 nitrogen and oxygen atoms in total. The Labute approximate surface area is 219 Å². The van der Waals surface area contributed by atoms with Crippen LogP contribution in [0, 0.1) is 16.9 Å². The summed E-state index contributed by atoms with van der Waals surface area (Å²) in [6.07, 6.45) is -3.83. The molecule has 3 rings (SSSR count). The van der Waals surface area contributed by atoms with Crippen molar-refractivity contribution in [2.24, 2.45) is 11.0 Å². The van der Waals surface area contributed by atoms with Gasteiger partial charge in [-0.3, -0.25) is 5.41 Å². The molecule has 1 aliphatic rings. The topological polar surface area (TPSA) is 79.4 Å². The maximum Gasteiger partial charge on any atom is 0.416 e. The summed E-state index contributed by atoms with van der Waals surface area (Å²) < 4.78 is 80.7. The van der Waals surface area contributed by atoms with Crippen molar-refractivity contribution in [1.82, 2.24) is 9.88 Å². The first-order chi connectivity index (χ1) is 17.3. The number of nitrogens with one attached hydrogen (secondary N) is 2. The summed E-state index contributed by atoms with van der Waals surface area (Å²) in [5.74, 6) is 0.512. The Bertz CT molecular complexity index is 1080. The molecule has 0 unspecified atom stereocenters. The van der Waals surface area contributed by atoms with Crippen LogP contribution in [-0.2, 0) is 25.4 Å². The van der Waals surface area contributed by atoms with Crippen molar-refractivity contribution in [3.63, 3.8) is 0 Å². The number of aromatic nitrogens is 1. The van der Waals surface area contributed by atoms with Gasteiger partial charge in [-0.1, -0.05) is 12.8 Å². The molecule has 1 aliphatic carbocycles. The van der Waals surface area contributed by atoms with Crippen LogP contribution >= 0.6 is 15.9 Å². The molecule has 1 heterocycles. The smallest absolute Gasteiger partial charge is 0.356 e. The molecular weight excluding hydrogens is 566 g/mol. The Morgan fingerprint density at radius 1 is 1.03 bits per heavy atom. The molecule has 0 aliphatic heterocycles. The molecule has 0 atom stereocenters. The van der Waals surface area contributed by atoms with Gasteiger partial charge in [0.05, 0.1) is 11.1 Å². The number of pyridine rings is 1. The average molecular weight is 593 g/mol. The Kier molecular flexibility index (Phi) is 9.19. The van der Waals surface area contributed by atoms with Crippen molar-refractivity contribution >= 4 is 27.7 Å². The van der Waals surface area contributed by atoms with Crippen LogP contribution in [0.4, 0.5) is 32.2 Å². The lowest BCUT2D eigenvalue weighted by molar-refractivity contribution is -0.143. The molecule has 0 spiro atoms. The average Bonchev–Trinajstić information content (AvgIpc) is 3.34. The van der Waals surface area contributed by atoms with Crippen LogP contribution in [0.2, 0.25) is 0 Å². The molecule has 37 heavy (non-hydrogen) atoms. The van der Waals surface area contributed by atoms with Gasteiger partial charge in [-0.05, 0) is 71.4 Å². The lowest BCUT2D eigenvalue weighted by Gasteiger charge is -2.30. The van der Waals surface area contributed by atoms with E-state index < -0.39 is 36.0 Å². The van der Waals surface area contributed by atoms with Gasteiger partial charge in [0.15, 0.2) is 0 Å². The fourth-order valence-corrected chi connectivity index (χ4v) is 4.94. The molecule has 1 aromatic heterocycles. The second-order valence-electron chi connectivity index (χ2n) is 9.03. The number of alkyl halides is 6. The fourth-order valence-electron chi connectivity index (χ4n) is 4.56. The minimum absolute atomic E-state index is 0.0620. The van der Waals surface area contributed by atoms with Gasteiger partial charge >= 0.3 is 12.4 Å². The molecule has 0 radical (unpaired) electrons. The lowest BCUT2D eigenvalue weighted by Crippen LogP contribution is -2.33. The van der Waals surface area contributed by atoms with E-state index in [0.717, 1.165) is 37.1 Å². The maximum absolute atomic E-state index is 13.3. The zero-order valence-electron chi connectivity index (χ0n) is 20.1. The second kappa shape index (κ2) is 11.8. The molecular formula is C24H27BrF6N6. The minimum Gasteiger partial charge on any atom is -0.356 e. The summed E-state index contributed by atoms with van der Waals surface area (Å²) >= 11 is 3.37. The number of hydrogen-bond donors (Lipinski definition) is 2. The van der Waals surface area contributed by atoms with E-state index in [2.05, 4.69) is 30.9 Å². The third-order valence-electron chi connectivity index (χ3n) is 6.33. The third-order valence-corrected chi connectivity index (χ3v) is 6.77. The standard InChI is InChI=1S/C24H27BrF6N6/c1-2-36(12-15-5-3-4-6-15)21-17(9-20(25)11-34-21)14-37(22(32)35-33)13-16-7-18(23(26,27)28)10-19(8-16)24(29,30)31/h7-11,15,32-33H,2-6,12-14H2,1H3. The van der Waals surface area contributed by atoms with E-state index in [1.54, 1.807) is 12.3 Å². The van der Waals surface area contributed by atoms with Crippen LogP contribution in [0.25, 0.3) is 0 Å². The van der Waals surface area contributed by atoms with Gasteiger partial charge in [0.25, 0.3) is 0 Å². The predicted octanol–water partition coefficient (Wildman–Crippen LogP) is 7.87. The third kappa shape index (κ3) is 7.65. The van der Waals surface area contributed by atoms with E-state index in [4.69, 9.17) is 10.9 Å². The molecule has 0 bridgehead atoms. The highest BCUT2D eigenvalue weighted by molar-refractivity contribution is 9.10. The van der Waals surface area contributed by atoms with Crippen molar-refractivity contribution < 1.29 is 26.3 Å². The van der Waals surface area contributed by atoms with Gasteiger partial charge in [0.1, 0.15) is 5.82 Å². The molecule has 0 saturated heterocycles. The van der Waals surface area contributed by atoms with Gasteiger partial charge in [-0.25, -0.2) is 10.5 Å². The van der Waals surface area contributed by atoms with Crippen LogP contribution in [0.1, 0.15) is 54.9 Å². The first-order valence-electron chi connectivity index (χ1n) is 11.7.